The average Bonchev–Trinajstić information content (AvgIpc) is 2.81. The summed E-state index contributed by atoms with van der Waals surface area (Å²) in [5.41, 5.74) is 2.78. The second-order valence-electron chi connectivity index (χ2n) is 11.7. The first-order chi connectivity index (χ1) is 16.8. The van der Waals surface area contributed by atoms with Crippen molar-refractivity contribution in [2.45, 2.75) is 90.1 Å². The number of phenols is 2. The molecule has 2 aromatic rings. The van der Waals surface area contributed by atoms with Crippen LogP contribution in [-0.2, 0) is 10.8 Å². The molecule has 0 heterocycles. The highest BCUT2D eigenvalue weighted by Crippen LogP contribution is 2.35. The minimum atomic E-state index is -0.326. The summed E-state index contributed by atoms with van der Waals surface area (Å²) in [6.07, 6.45) is 8.63. The number of aldehydes is 2. The van der Waals surface area contributed by atoms with Crippen molar-refractivity contribution >= 4 is 25.0 Å². The highest BCUT2D eigenvalue weighted by Gasteiger charge is 2.25. The number of hydrogen-bond acceptors (Lipinski definition) is 6. The van der Waals surface area contributed by atoms with Crippen LogP contribution in [0.25, 0.3) is 0 Å². The van der Waals surface area contributed by atoms with Gasteiger partial charge in [-0.25, -0.2) is 0 Å². The van der Waals surface area contributed by atoms with E-state index in [4.69, 9.17) is 9.98 Å². The fourth-order valence-electron chi connectivity index (χ4n) is 4.63. The minimum absolute atomic E-state index is 0.0918. The quantitative estimate of drug-likeness (QED) is 0.374. The SMILES string of the molecule is CC(C)(C)c1cc(C=O)cc(C=NC2CCCC[C@@H]2N=Cc2cc(C=O)cc(C(C)(C)C)c2O)c1O. The number of aromatic hydroxyl groups is 2. The monoisotopic (exact) mass is 490 g/mol. The third kappa shape index (κ3) is 6.28. The van der Waals surface area contributed by atoms with Gasteiger partial charge in [-0.15, -0.1) is 0 Å². The smallest absolute Gasteiger partial charge is 0.150 e. The maximum Gasteiger partial charge on any atom is 0.150 e. The first-order valence-corrected chi connectivity index (χ1v) is 12.6. The third-order valence-corrected chi connectivity index (χ3v) is 6.72. The van der Waals surface area contributed by atoms with E-state index in [-0.39, 0.29) is 34.4 Å². The molecule has 1 aliphatic carbocycles. The van der Waals surface area contributed by atoms with Crippen LogP contribution in [0.15, 0.2) is 34.3 Å². The Labute approximate surface area is 214 Å². The van der Waals surface area contributed by atoms with Crippen LogP contribution in [0.4, 0.5) is 0 Å². The van der Waals surface area contributed by atoms with E-state index in [1.54, 1.807) is 36.7 Å². The van der Waals surface area contributed by atoms with Gasteiger partial charge in [0.15, 0.2) is 0 Å². The highest BCUT2D eigenvalue weighted by atomic mass is 16.3. The van der Waals surface area contributed by atoms with E-state index in [1.165, 1.54) is 0 Å². The van der Waals surface area contributed by atoms with Crippen LogP contribution < -0.4 is 0 Å². The van der Waals surface area contributed by atoms with Gasteiger partial charge in [-0.05, 0) is 47.9 Å². The molecule has 1 aliphatic rings. The van der Waals surface area contributed by atoms with Crippen LogP contribution in [-0.4, -0.2) is 47.3 Å². The lowest BCUT2D eigenvalue weighted by atomic mass is 9.84. The molecule has 6 nitrogen and oxygen atoms in total. The summed E-state index contributed by atoms with van der Waals surface area (Å²) >= 11 is 0. The van der Waals surface area contributed by atoms with Crippen molar-refractivity contribution < 1.29 is 19.8 Å². The van der Waals surface area contributed by atoms with Crippen LogP contribution in [0.2, 0.25) is 0 Å². The average molecular weight is 491 g/mol. The maximum atomic E-state index is 11.5. The maximum absolute atomic E-state index is 11.5. The fraction of sp³-hybridized carbons (Fsp3) is 0.467. The van der Waals surface area contributed by atoms with Gasteiger partial charge >= 0.3 is 0 Å². The Morgan fingerprint density at radius 3 is 1.36 bits per heavy atom. The molecule has 192 valence electrons. The minimum Gasteiger partial charge on any atom is -0.507 e. The lowest BCUT2D eigenvalue weighted by molar-refractivity contribution is 0.111. The number of carbonyl (C=O) groups excluding carboxylic acids is 2. The van der Waals surface area contributed by atoms with Crippen molar-refractivity contribution in [2.24, 2.45) is 9.98 Å². The summed E-state index contributed by atoms with van der Waals surface area (Å²) < 4.78 is 0. The normalized spacial score (nSPS) is 19.2. The zero-order valence-electron chi connectivity index (χ0n) is 22.2. The molecule has 1 unspecified atom stereocenters. The molecule has 0 spiro atoms. The van der Waals surface area contributed by atoms with E-state index in [0.717, 1.165) is 38.3 Å². The first-order valence-electron chi connectivity index (χ1n) is 12.6. The van der Waals surface area contributed by atoms with E-state index in [9.17, 15) is 19.8 Å². The van der Waals surface area contributed by atoms with Crippen LogP contribution in [0, 0.1) is 0 Å². The first kappa shape index (κ1) is 27.3. The summed E-state index contributed by atoms with van der Waals surface area (Å²) in [7, 11) is 0. The lowest BCUT2D eigenvalue weighted by Crippen LogP contribution is -2.27. The highest BCUT2D eigenvalue weighted by molar-refractivity contribution is 5.90. The van der Waals surface area contributed by atoms with Crippen molar-refractivity contribution in [3.05, 3.63) is 57.6 Å². The van der Waals surface area contributed by atoms with Gasteiger partial charge in [0.25, 0.3) is 0 Å². The Morgan fingerprint density at radius 1 is 0.694 bits per heavy atom. The van der Waals surface area contributed by atoms with E-state index in [0.29, 0.717) is 33.4 Å². The second-order valence-corrected chi connectivity index (χ2v) is 11.7. The van der Waals surface area contributed by atoms with E-state index < -0.39 is 0 Å². The predicted octanol–water partition coefficient (Wildman–Crippen LogP) is 6.17. The topological polar surface area (TPSA) is 99.3 Å². The van der Waals surface area contributed by atoms with Crippen LogP contribution in [0.1, 0.15) is 110 Å². The molecule has 1 saturated carbocycles. The summed E-state index contributed by atoms with van der Waals surface area (Å²) in [6.45, 7) is 11.9. The van der Waals surface area contributed by atoms with Gasteiger partial charge in [0.1, 0.15) is 24.1 Å². The van der Waals surface area contributed by atoms with Crippen molar-refractivity contribution in [3.63, 3.8) is 0 Å². The summed E-state index contributed by atoms with van der Waals surface area (Å²) in [5, 5.41) is 21.7. The zero-order valence-corrected chi connectivity index (χ0v) is 22.2. The van der Waals surface area contributed by atoms with Gasteiger partial charge in [-0.1, -0.05) is 54.4 Å². The standard InChI is InChI=1S/C30H38N2O4/c1-29(2,3)23-13-19(17-33)11-21(27(23)35)15-31-25-9-7-8-10-26(25)32-16-22-12-20(18-34)14-24(28(22)36)30(4,5)6/h11-18,25-26,35-36H,7-10H2,1-6H3/t25-,26?/m0/s1. The van der Waals surface area contributed by atoms with Crippen molar-refractivity contribution in [3.8, 4) is 11.5 Å². The number of phenolic OH excluding ortho intramolecular Hbond substituents is 2. The molecule has 2 atom stereocenters. The van der Waals surface area contributed by atoms with E-state index in [2.05, 4.69) is 0 Å². The molecule has 0 aliphatic heterocycles. The molecule has 2 aromatic carbocycles. The number of benzene rings is 2. The largest absolute Gasteiger partial charge is 0.507 e. The molecule has 0 amide bonds. The van der Waals surface area contributed by atoms with E-state index in [1.807, 2.05) is 41.5 Å². The number of nitrogens with zero attached hydrogens (tertiary/aromatic N) is 2. The van der Waals surface area contributed by atoms with Gasteiger partial charge in [0.2, 0.25) is 0 Å². The number of aliphatic imine (C=N–C) groups is 2. The summed E-state index contributed by atoms with van der Waals surface area (Å²) in [5.74, 6) is 0.274. The summed E-state index contributed by atoms with van der Waals surface area (Å²) in [6, 6.07) is 6.56. The Kier molecular flexibility index (Phi) is 8.17. The Morgan fingerprint density at radius 2 is 1.06 bits per heavy atom. The van der Waals surface area contributed by atoms with Gasteiger partial charge in [-0.2, -0.15) is 0 Å². The molecule has 6 heteroatoms. The fourth-order valence-corrected chi connectivity index (χ4v) is 4.63. The molecular formula is C30H38N2O4. The van der Waals surface area contributed by atoms with E-state index >= 15 is 0 Å². The molecule has 0 bridgehead atoms. The Balaban J connectivity index is 1.93. The molecule has 2 N–H and O–H groups in total. The van der Waals surface area contributed by atoms with Crippen molar-refractivity contribution in [2.75, 3.05) is 0 Å². The van der Waals surface area contributed by atoms with Crippen LogP contribution in [0.5, 0.6) is 11.5 Å². The van der Waals surface area contributed by atoms with Crippen molar-refractivity contribution in [1.82, 2.24) is 0 Å². The van der Waals surface area contributed by atoms with Crippen LogP contribution >= 0.6 is 0 Å². The number of rotatable bonds is 6. The lowest BCUT2D eigenvalue weighted by Gasteiger charge is -2.26. The molecule has 0 saturated heterocycles. The van der Waals surface area contributed by atoms with Crippen molar-refractivity contribution in [1.29, 1.82) is 0 Å². The molecular weight excluding hydrogens is 452 g/mol. The number of hydrogen-bond donors (Lipinski definition) is 2. The summed E-state index contributed by atoms with van der Waals surface area (Å²) in [4.78, 5) is 32.6. The predicted molar refractivity (Wildman–Crippen MR) is 146 cm³/mol. The molecule has 0 radical (unpaired) electrons. The van der Waals surface area contributed by atoms with Gasteiger partial charge in [0.05, 0.1) is 12.1 Å². The molecule has 3 rings (SSSR count). The second kappa shape index (κ2) is 10.8. The molecule has 36 heavy (non-hydrogen) atoms. The van der Waals surface area contributed by atoms with Gasteiger partial charge < -0.3 is 10.2 Å². The van der Waals surface area contributed by atoms with Crippen LogP contribution in [0.3, 0.4) is 0 Å². The Bertz CT molecular complexity index is 1090. The number of carbonyl (C=O) groups is 2. The van der Waals surface area contributed by atoms with Gasteiger partial charge in [0, 0.05) is 45.8 Å². The zero-order chi connectivity index (χ0) is 26.7. The Hall–Kier alpha value is -3.28. The molecule has 1 fully saturated rings. The van der Waals surface area contributed by atoms with Gasteiger partial charge in [-0.3, -0.25) is 19.6 Å². The third-order valence-electron chi connectivity index (χ3n) is 6.72. The molecule has 0 aromatic heterocycles.